The number of carboxylic acids is 1. The lowest BCUT2D eigenvalue weighted by atomic mass is 9.71. The quantitative estimate of drug-likeness (QED) is 0.702. The SMILES string of the molecule is O=C(O)C(Cc1c[nH]c2ccccc12)NC1=C(C(=O)C(F)(F)F)C2CCCC12. The molecule has 1 saturated carbocycles. The minimum absolute atomic E-state index is 0.0910. The Morgan fingerprint density at radius 2 is 1.93 bits per heavy atom. The van der Waals surface area contributed by atoms with Crippen LogP contribution in [0.4, 0.5) is 13.2 Å². The lowest BCUT2D eigenvalue weighted by Gasteiger charge is -2.39. The van der Waals surface area contributed by atoms with E-state index in [0.29, 0.717) is 12.8 Å². The van der Waals surface area contributed by atoms with Crippen LogP contribution in [0.5, 0.6) is 0 Å². The van der Waals surface area contributed by atoms with Crippen LogP contribution in [-0.4, -0.2) is 34.1 Å². The third kappa shape index (κ3) is 3.06. The molecule has 5 nitrogen and oxygen atoms in total. The maximum absolute atomic E-state index is 13.0. The monoisotopic (exact) mass is 392 g/mol. The van der Waals surface area contributed by atoms with Gasteiger partial charge in [0.1, 0.15) is 6.04 Å². The summed E-state index contributed by atoms with van der Waals surface area (Å²) in [5.74, 6) is -3.63. The Labute approximate surface area is 158 Å². The Morgan fingerprint density at radius 1 is 1.21 bits per heavy atom. The number of benzene rings is 1. The number of para-hydroxylation sites is 1. The fourth-order valence-electron chi connectivity index (χ4n) is 4.49. The van der Waals surface area contributed by atoms with E-state index in [-0.39, 0.29) is 23.6 Å². The van der Waals surface area contributed by atoms with E-state index in [2.05, 4.69) is 10.3 Å². The molecule has 1 aromatic heterocycles. The average molecular weight is 392 g/mol. The number of rotatable bonds is 6. The number of Topliss-reactive ketones (excluding diaryl/α,β-unsaturated/α-hetero) is 1. The summed E-state index contributed by atoms with van der Waals surface area (Å²) in [4.78, 5) is 26.7. The Morgan fingerprint density at radius 3 is 2.64 bits per heavy atom. The largest absolute Gasteiger partial charge is 0.480 e. The Balaban J connectivity index is 1.63. The molecule has 4 rings (SSSR count). The number of carboxylic acid groups (broad SMARTS) is 1. The van der Waals surface area contributed by atoms with Crippen molar-refractivity contribution in [3.8, 4) is 0 Å². The van der Waals surface area contributed by atoms with Crippen LogP contribution in [-0.2, 0) is 16.0 Å². The lowest BCUT2D eigenvalue weighted by Crippen LogP contribution is -2.48. The van der Waals surface area contributed by atoms with Gasteiger partial charge in [0.05, 0.1) is 0 Å². The van der Waals surface area contributed by atoms with Crippen LogP contribution in [0.3, 0.4) is 0 Å². The van der Waals surface area contributed by atoms with Gasteiger partial charge in [-0.05, 0) is 30.4 Å². The van der Waals surface area contributed by atoms with Crippen molar-refractivity contribution in [3.05, 3.63) is 47.3 Å². The number of carbonyl (C=O) groups excluding carboxylic acids is 1. The summed E-state index contributed by atoms with van der Waals surface area (Å²) < 4.78 is 39.0. The van der Waals surface area contributed by atoms with Crippen molar-refractivity contribution in [2.24, 2.45) is 11.8 Å². The predicted molar refractivity (Wildman–Crippen MR) is 95.5 cm³/mol. The molecule has 2 aromatic rings. The molecule has 0 aliphatic heterocycles. The van der Waals surface area contributed by atoms with Gasteiger partial charge in [0.25, 0.3) is 5.78 Å². The van der Waals surface area contributed by atoms with Crippen LogP contribution in [0.25, 0.3) is 10.9 Å². The molecule has 1 aromatic carbocycles. The zero-order valence-corrected chi connectivity index (χ0v) is 14.8. The van der Waals surface area contributed by atoms with Gasteiger partial charge >= 0.3 is 12.1 Å². The van der Waals surface area contributed by atoms with Gasteiger partial charge in [0.2, 0.25) is 0 Å². The molecule has 3 unspecified atom stereocenters. The molecule has 0 bridgehead atoms. The molecule has 148 valence electrons. The van der Waals surface area contributed by atoms with Gasteiger partial charge in [0.15, 0.2) is 0 Å². The number of H-pyrrole nitrogens is 1. The fraction of sp³-hybridized carbons (Fsp3) is 0.400. The lowest BCUT2D eigenvalue weighted by molar-refractivity contribution is -0.168. The van der Waals surface area contributed by atoms with Crippen molar-refractivity contribution in [2.45, 2.75) is 37.9 Å². The van der Waals surface area contributed by atoms with E-state index in [1.807, 2.05) is 24.3 Å². The molecule has 0 radical (unpaired) electrons. The number of halogens is 3. The Hall–Kier alpha value is -2.77. The van der Waals surface area contributed by atoms with Crippen LogP contribution < -0.4 is 5.32 Å². The maximum atomic E-state index is 13.0. The van der Waals surface area contributed by atoms with Gasteiger partial charge in [-0.15, -0.1) is 0 Å². The molecular formula is C20H19F3N2O3. The van der Waals surface area contributed by atoms with Gasteiger partial charge in [0, 0.05) is 40.7 Å². The minimum Gasteiger partial charge on any atom is -0.480 e. The second kappa shape index (κ2) is 6.68. The van der Waals surface area contributed by atoms with E-state index in [4.69, 9.17) is 0 Å². The highest BCUT2D eigenvalue weighted by Crippen LogP contribution is 2.52. The van der Waals surface area contributed by atoms with E-state index in [1.54, 1.807) is 6.20 Å². The van der Waals surface area contributed by atoms with E-state index in [9.17, 15) is 27.9 Å². The summed E-state index contributed by atoms with van der Waals surface area (Å²) in [6.45, 7) is 0. The zero-order chi connectivity index (χ0) is 20.1. The van der Waals surface area contributed by atoms with Crippen molar-refractivity contribution in [1.29, 1.82) is 0 Å². The summed E-state index contributed by atoms with van der Waals surface area (Å²) in [5.41, 5.74) is 1.49. The van der Waals surface area contributed by atoms with Crippen molar-refractivity contribution in [1.82, 2.24) is 10.3 Å². The summed E-state index contributed by atoms with van der Waals surface area (Å²) in [6.07, 6.45) is -1.22. The first-order valence-corrected chi connectivity index (χ1v) is 9.17. The average Bonchev–Trinajstić information content (AvgIpc) is 3.22. The molecule has 28 heavy (non-hydrogen) atoms. The first-order chi connectivity index (χ1) is 13.3. The highest BCUT2D eigenvalue weighted by molar-refractivity contribution is 6.02. The molecule has 0 spiro atoms. The second-order valence-electron chi connectivity index (χ2n) is 7.40. The van der Waals surface area contributed by atoms with Gasteiger partial charge < -0.3 is 15.4 Å². The molecular weight excluding hydrogens is 373 g/mol. The summed E-state index contributed by atoms with van der Waals surface area (Å²) in [5, 5.41) is 13.3. The van der Waals surface area contributed by atoms with Gasteiger partial charge in [-0.25, -0.2) is 4.79 Å². The van der Waals surface area contributed by atoms with E-state index < -0.39 is 29.9 Å². The Kier molecular flexibility index (Phi) is 4.44. The van der Waals surface area contributed by atoms with Gasteiger partial charge in [-0.2, -0.15) is 13.2 Å². The van der Waals surface area contributed by atoms with E-state index >= 15 is 0 Å². The molecule has 0 amide bonds. The molecule has 1 fully saturated rings. The number of nitrogens with one attached hydrogen (secondary N) is 2. The van der Waals surface area contributed by atoms with E-state index in [0.717, 1.165) is 22.9 Å². The highest BCUT2D eigenvalue weighted by Gasteiger charge is 2.53. The number of aromatic amines is 1. The molecule has 0 saturated heterocycles. The predicted octanol–water partition coefficient (Wildman–Crippen LogP) is 3.57. The van der Waals surface area contributed by atoms with E-state index in [1.165, 1.54) is 0 Å². The fourth-order valence-corrected chi connectivity index (χ4v) is 4.49. The smallest absolute Gasteiger partial charge is 0.454 e. The molecule has 3 N–H and O–H groups in total. The van der Waals surface area contributed by atoms with Crippen molar-refractivity contribution < 1.29 is 27.9 Å². The first kappa shape index (κ1) is 18.6. The number of ketones is 1. The van der Waals surface area contributed by atoms with Crippen LogP contribution >= 0.6 is 0 Å². The Bertz CT molecular complexity index is 976. The zero-order valence-electron chi connectivity index (χ0n) is 14.8. The molecule has 3 atom stereocenters. The number of aromatic nitrogens is 1. The third-order valence-electron chi connectivity index (χ3n) is 5.78. The van der Waals surface area contributed by atoms with Crippen LogP contribution in [0.2, 0.25) is 0 Å². The minimum atomic E-state index is -4.95. The number of hydrogen-bond acceptors (Lipinski definition) is 3. The molecule has 2 aliphatic carbocycles. The van der Waals surface area contributed by atoms with Crippen molar-refractivity contribution >= 4 is 22.7 Å². The van der Waals surface area contributed by atoms with Gasteiger partial charge in [-0.1, -0.05) is 24.6 Å². The number of hydrogen-bond donors (Lipinski definition) is 3. The maximum Gasteiger partial charge on any atom is 0.454 e. The molecule has 2 aliphatic rings. The number of alkyl halides is 3. The van der Waals surface area contributed by atoms with Crippen LogP contribution in [0.1, 0.15) is 24.8 Å². The highest BCUT2D eigenvalue weighted by atomic mass is 19.4. The molecule has 1 heterocycles. The summed E-state index contributed by atoms with van der Waals surface area (Å²) >= 11 is 0. The summed E-state index contributed by atoms with van der Waals surface area (Å²) in [6, 6.07) is 6.28. The van der Waals surface area contributed by atoms with Crippen LogP contribution in [0.15, 0.2) is 41.7 Å². The van der Waals surface area contributed by atoms with Crippen molar-refractivity contribution in [3.63, 3.8) is 0 Å². The number of carbonyl (C=O) groups is 2. The number of aliphatic carboxylic acids is 1. The topological polar surface area (TPSA) is 82.2 Å². The normalized spacial score (nSPS) is 22.7. The third-order valence-corrected chi connectivity index (χ3v) is 5.78. The molecule has 8 heteroatoms. The standard InChI is InChI=1S/C20H19F3N2O3/c21-20(22,23)18(26)16-12-5-3-6-13(12)17(16)25-15(19(27)28)8-10-9-24-14-7-2-1-4-11(10)14/h1-2,4,7,9,12-13,15,24-25H,3,5-6,8H2,(H,27,28). The van der Waals surface area contributed by atoms with Crippen LogP contribution in [0, 0.1) is 11.8 Å². The van der Waals surface area contributed by atoms with Gasteiger partial charge in [-0.3, -0.25) is 4.79 Å². The number of fused-ring (bicyclic) bond motifs is 2. The second-order valence-corrected chi connectivity index (χ2v) is 7.40. The number of allylic oxidation sites excluding steroid dienone is 2. The summed E-state index contributed by atoms with van der Waals surface area (Å²) in [7, 11) is 0. The first-order valence-electron chi connectivity index (χ1n) is 9.17. The van der Waals surface area contributed by atoms with Crippen molar-refractivity contribution in [2.75, 3.05) is 0 Å².